The van der Waals surface area contributed by atoms with Gasteiger partial charge in [-0.05, 0) is 33.5 Å². The predicted molar refractivity (Wildman–Crippen MR) is 77.8 cm³/mol. The molecule has 0 aliphatic carbocycles. The first-order valence-corrected chi connectivity index (χ1v) is 6.97. The van der Waals surface area contributed by atoms with Gasteiger partial charge in [0.2, 0.25) is 0 Å². The van der Waals surface area contributed by atoms with Gasteiger partial charge in [0.05, 0.1) is 10.6 Å². The number of nitrogens with one attached hydrogen (secondary N) is 1. The summed E-state index contributed by atoms with van der Waals surface area (Å²) in [6, 6.07) is 0. The molecular formula is C13H23N3S. The number of anilines is 1. The van der Waals surface area contributed by atoms with Gasteiger partial charge in [-0.1, -0.05) is 30.8 Å². The molecule has 0 amide bonds. The normalized spacial score (nSPS) is 11.6. The van der Waals surface area contributed by atoms with Gasteiger partial charge in [-0.25, -0.2) is 4.98 Å². The first-order chi connectivity index (χ1) is 8.13. The Bertz CT molecular complexity index is 356. The zero-order valence-electron chi connectivity index (χ0n) is 11.3. The number of hydrogen-bond donors (Lipinski definition) is 1. The summed E-state index contributed by atoms with van der Waals surface area (Å²) in [6.45, 7) is 6.25. The van der Waals surface area contributed by atoms with Crippen LogP contribution in [-0.2, 0) is 0 Å². The van der Waals surface area contributed by atoms with Crippen molar-refractivity contribution in [2.75, 3.05) is 32.5 Å². The topological polar surface area (TPSA) is 28.2 Å². The third kappa shape index (κ3) is 5.33. The minimum Gasteiger partial charge on any atom is -0.361 e. The fourth-order valence-electron chi connectivity index (χ4n) is 1.38. The molecule has 0 atom stereocenters. The number of hydrogen-bond acceptors (Lipinski definition) is 4. The molecule has 0 aromatic carbocycles. The molecule has 0 radical (unpaired) electrons. The molecule has 1 N–H and O–H groups in total. The van der Waals surface area contributed by atoms with E-state index >= 15 is 0 Å². The largest absolute Gasteiger partial charge is 0.361 e. The Morgan fingerprint density at radius 2 is 2.18 bits per heavy atom. The van der Waals surface area contributed by atoms with Crippen molar-refractivity contribution in [1.29, 1.82) is 0 Å². The Labute approximate surface area is 109 Å². The van der Waals surface area contributed by atoms with Crippen molar-refractivity contribution in [1.82, 2.24) is 9.88 Å². The van der Waals surface area contributed by atoms with E-state index < -0.39 is 0 Å². The molecule has 0 bridgehead atoms. The van der Waals surface area contributed by atoms with Crippen molar-refractivity contribution >= 4 is 22.5 Å². The lowest BCUT2D eigenvalue weighted by atomic mass is 10.3. The van der Waals surface area contributed by atoms with Gasteiger partial charge in [-0.2, -0.15) is 0 Å². The third-order valence-corrected chi connectivity index (χ3v) is 3.46. The van der Waals surface area contributed by atoms with Crippen LogP contribution in [-0.4, -0.2) is 37.1 Å². The van der Waals surface area contributed by atoms with Crippen molar-refractivity contribution in [3.05, 3.63) is 16.6 Å². The first-order valence-electron chi connectivity index (χ1n) is 6.16. The van der Waals surface area contributed by atoms with Gasteiger partial charge in [0, 0.05) is 13.1 Å². The quantitative estimate of drug-likeness (QED) is 0.756. The maximum Gasteiger partial charge on any atom is 0.183 e. The Morgan fingerprint density at radius 1 is 1.41 bits per heavy atom. The third-order valence-electron chi connectivity index (χ3n) is 2.38. The number of nitrogens with zero attached hydrogens (tertiary/aromatic N) is 2. The second kappa shape index (κ2) is 7.45. The van der Waals surface area contributed by atoms with Crippen LogP contribution in [0.25, 0.3) is 6.08 Å². The van der Waals surface area contributed by atoms with Crippen LogP contribution in [0.4, 0.5) is 5.13 Å². The Hall–Kier alpha value is -0.870. The fourth-order valence-corrected chi connectivity index (χ4v) is 2.30. The SMILES string of the molecule is CCCCNc1nc(C)c(C=CCN(C)C)s1. The molecule has 1 rings (SSSR count). The standard InChI is InChI=1S/C13H23N3S/c1-5-6-9-14-13-15-11(2)12(17-13)8-7-10-16(3)4/h7-8H,5-6,9-10H2,1-4H3,(H,14,15). The van der Waals surface area contributed by atoms with Crippen LogP contribution >= 0.6 is 11.3 Å². The van der Waals surface area contributed by atoms with E-state index in [-0.39, 0.29) is 0 Å². The smallest absolute Gasteiger partial charge is 0.183 e. The second-order valence-electron chi connectivity index (χ2n) is 4.41. The highest BCUT2D eigenvalue weighted by Gasteiger charge is 2.03. The molecule has 0 fully saturated rings. The molecule has 0 saturated carbocycles. The molecule has 0 aliphatic heterocycles. The van der Waals surface area contributed by atoms with E-state index in [4.69, 9.17) is 0 Å². The summed E-state index contributed by atoms with van der Waals surface area (Å²) >= 11 is 1.73. The van der Waals surface area contributed by atoms with Crippen LogP contribution in [0.1, 0.15) is 30.3 Å². The molecule has 0 unspecified atom stereocenters. The van der Waals surface area contributed by atoms with E-state index in [2.05, 4.69) is 55.3 Å². The van der Waals surface area contributed by atoms with E-state index in [9.17, 15) is 0 Å². The summed E-state index contributed by atoms with van der Waals surface area (Å²) in [5, 5.41) is 4.41. The van der Waals surface area contributed by atoms with E-state index in [1.165, 1.54) is 17.7 Å². The highest BCUT2D eigenvalue weighted by atomic mass is 32.1. The van der Waals surface area contributed by atoms with Crippen molar-refractivity contribution < 1.29 is 0 Å². The lowest BCUT2D eigenvalue weighted by molar-refractivity contribution is 0.457. The number of rotatable bonds is 7. The molecule has 17 heavy (non-hydrogen) atoms. The van der Waals surface area contributed by atoms with Crippen LogP contribution in [0.2, 0.25) is 0 Å². The van der Waals surface area contributed by atoms with Crippen LogP contribution in [0, 0.1) is 6.92 Å². The fraction of sp³-hybridized carbons (Fsp3) is 0.615. The summed E-state index contributed by atoms with van der Waals surface area (Å²) in [5.74, 6) is 0. The number of likely N-dealkylation sites (N-methyl/N-ethyl adjacent to an activating group) is 1. The average Bonchev–Trinajstić information content (AvgIpc) is 2.60. The molecule has 96 valence electrons. The number of thiazole rings is 1. The Morgan fingerprint density at radius 3 is 2.82 bits per heavy atom. The van der Waals surface area contributed by atoms with Crippen LogP contribution in [0.3, 0.4) is 0 Å². The molecule has 0 spiro atoms. The molecule has 1 aromatic rings. The van der Waals surface area contributed by atoms with Gasteiger partial charge >= 0.3 is 0 Å². The molecule has 0 saturated heterocycles. The summed E-state index contributed by atoms with van der Waals surface area (Å²) in [7, 11) is 4.14. The number of aromatic nitrogens is 1. The molecule has 1 aromatic heterocycles. The zero-order valence-corrected chi connectivity index (χ0v) is 12.1. The average molecular weight is 253 g/mol. The van der Waals surface area contributed by atoms with Gasteiger partial charge in [0.15, 0.2) is 5.13 Å². The lowest BCUT2D eigenvalue weighted by Gasteiger charge is -2.02. The van der Waals surface area contributed by atoms with Crippen molar-refractivity contribution in [3.63, 3.8) is 0 Å². The minimum absolute atomic E-state index is 0.968. The maximum atomic E-state index is 4.52. The predicted octanol–water partition coefficient (Wildman–Crippen LogP) is 3.24. The monoisotopic (exact) mass is 253 g/mol. The van der Waals surface area contributed by atoms with Crippen molar-refractivity contribution in [2.24, 2.45) is 0 Å². The van der Waals surface area contributed by atoms with Gasteiger partial charge in [-0.15, -0.1) is 0 Å². The number of unbranched alkanes of at least 4 members (excludes halogenated alkanes) is 1. The summed E-state index contributed by atoms with van der Waals surface area (Å²) < 4.78 is 0. The Balaban J connectivity index is 2.52. The van der Waals surface area contributed by atoms with E-state index in [1.54, 1.807) is 11.3 Å². The van der Waals surface area contributed by atoms with Gasteiger partial charge in [0.1, 0.15) is 0 Å². The molecule has 0 aliphatic rings. The molecule has 4 heteroatoms. The van der Waals surface area contributed by atoms with Crippen LogP contribution in [0.15, 0.2) is 6.08 Å². The summed E-state index contributed by atoms with van der Waals surface area (Å²) in [6.07, 6.45) is 6.76. The van der Waals surface area contributed by atoms with Gasteiger partial charge < -0.3 is 10.2 Å². The van der Waals surface area contributed by atoms with Crippen molar-refractivity contribution in [2.45, 2.75) is 26.7 Å². The minimum atomic E-state index is 0.968. The first kappa shape index (κ1) is 14.2. The van der Waals surface area contributed by atoms with Crippen LogP contribution < -0.4 is 5.32 Å². The Kier molecular flexibility index (Phi) is 6.22. The van der Waals surface area contributed by atoms with Gasteiger partial charge in [-0.3, -0.25) is 0 Å². The van der Waals surface area contributed by atoms with Crippen molar-refractivity contribution in [3.8, 4) is 0 Å². The highest BCUT2D eigenvalue weighted by Crippen LogP contribution is 2.23. The van der Waals surface area contributed by atoms with Crippen LogP contribution in [0.5, 0.6) is 0 Å². The lowest BCUT2D eigenvalue weighted by Crippen LogP contribution is -2.10. The zero-order chi connectivity index (χ0) is 12.7. The number of aryl methyl sites for hydroxylation is 1. The van der Waals surface area contributed by atoms with E-state index in [1.807, 2.05) is 0 Å². The van der Waals surface area contributed by atoms with E-state index in [0.717, 1.165) is 23.9 Å². The van der Waals surface area contributed by atoms with Gasteiger partial charge in [0.25, 0.3) is 0 Å². The molecule has 3 nitrogen and oxygen atoms in total. The van der Waals surface area contributed by atoms with E-state index in [0.29, 0.717) is 0 Å². The molecule has 1 heterocycles. The highest BCUT2D eigenvalue weighted by molar-refractivity contribution is 7.16. The molecular weight excluding hydrogens is 230 g/mol. The summed E-state index contributed by atoms with van der Waals surface area (Å²) in [5.41, 5.74) is 1.11. The maximum absolute atomic E-state index is 4.52. The second-order valence-corrected chi connectivity index (χ2v) is 5.44. The summed E-state index contributed by atoms with van der Waals surface area (Å²) in [4.78, 5) is 7.92.